The number of rotatable bonds is 2. The minimum absolute atomic E-state index is 0.0630. The summed E-state index contributed by atoms with van der Waals surface area (Å²) in [7, 11) is -5.27. The highest BCUT2D eigenvalue weighted by molar-refractivity contribution is 7.85. The van der Waals surface area contributed by atoms with Crippen LogP contribution >= 0.6 is 0 Å². The molecule has 0 saturated carbocycles. The van der Waals surface area contributed by atoms with Crippen LogP contribution in [0.15, 0.2) is 17.0 Å². The van der Waals surface area contributed by atoms with Crippen LogP contribution in [-0.4, -0.2) is 17.9 Å². The summed E-state index contributed by atoms with van der Waals surface area (Å²) >= 11 is 0. The summed E-state index contributed by atoms with van der Waals surface area (Å²) in [6.45, 7) is 0. The van der Waals surface area contributed by atoms with Gasteiger partial charge in [-0.2, -0.15) is 21.6 Å². The van der Waals surface area contributed by atoms with Gasteiger partial charge in [-0.05, 0) is 6.07 Å². The van der Waals surface area contributed by atoms with Crippen molar-refractivity contribution in [2.75, 3.05) is 5.73 Å². The third-order valence-electron chi connectivity index (χ3n) is 1.91. The van der Waals surface area contributed by atoms with Crippen LogP contribution in [0, 0.1) is 10.1 Å². The first-order chi connectivity index (χ1) is 7.94. The molecule has 0 aliphatic carbocycles. The van der Waals surface area contributed by atoms with Crippen LogP contribution in [0.3, 0.4) is 0 Å². The van der Waals surface area contributed by atoms with Crippen molar-refractivity contribution >= 4 is 21.5 Å². The number of nitrogens with two attached hydrogens (primary N) is 1. The molecule has 0 radical (unpaired) electrons. The topological polar surface area (TPSA) is 124 Å². The van der Waals surface area contributed by atoms with Crippen LogP contribution in [-0.2, 0) is 16.3 Å². The summed E-state index contributed by atoms with van der Waals surface area (Å²) in [5.74, 6) is 0. The van der Waals surface area contributed by atoms with Crippen molar-refractivity contribution in [2.24, 2.45) is 0 Å². The quantitative estimate of drug-likeness (QED) is 0.367. The highest BCUT2D eigenvalue weighted by Crippen LogP contribution is 2.38. The second kappa shape index (κ2) is 4.10. The van der Waals surface area contributed by atoms with Crippen molar-refractivity contribution in [1.82, 2.24) is 0 Å². The van der Waals surface area contributed by atoms with Gasteiger partial charge in [0.15, 0.2) is 0 Å². The smallest absolute Gasteiger partial charge is 0.393 e. The molecule has 7 nitrogen and oxygen atoms in total. The Kier molecular flexibility index (Phi) is 3.23. The Hall–Kier alpha value is -1.88. The van der Waals surface area contributed by atoms with Crippen molar-refractivity contribution in [1.29, 1.82) is 0 Å². The zero-order chi connectivity index (χ0) is 14.3. The summed E-state index contributed by atoms with van der Waals surface area (Å²) < 4.78 is 67.7. The predicted octanol–water partition coefficient (Wildman–Crippen LogP) is 1.44. The molecule has 0 fully saturated rings. The van der Waals surface area contributed by atoms with Crippen LogP contribution in [0.1, 0.15) is 5.56 Å². The second-order valence-electron chi connectivity index (χ2n) is 3.14. The minimum Gasteiger partial charge on any atom is -0.393 e. The largest absolute Gasteiger partial charge is 0.417 e. The molecule has 1 aromatic rings. The zero-order valence-electron chi connectivity index (χ0n) is 8.30. The number of nitro benzene ring substituents is 1. The first kappa shape index (κ1) is 14.2. The van der Waals surface area contributed by atoms with Gasteiger partial charge in [0.2, 0.25) is 0 Å². The van der Waals surface area contributed by atoms with E-state index in [4.69, 9.17) is 10.3 Å². The number of nitrogens with zero attached hydrogens (tertiary/aromatic N) is 1. The lowest BCUT2D eigenvalue weighted by Gasteiger charge is -2.11. The summed E-state index contributed by atoms with van der Waals surface area (Å²) in [5.41, 5.74) is 1.34. The summed E-state index contributed by atoms with van der Waals surface area (Å²) in [5, 5.41) is 10.4. The minimum atomic E-state index is -5.27. The average Bonchev–Trinajstić information content (AvgIpc) is 2.13. The van der Waals surface area contributed by atoms with Crippen LogP contribution < -0.4 is 5.73 Å². The summed E-state index contributed by atoms with van der Waals surface area (Å²) in [6.07, 6.45) is -5.13. The van der Waals surface area contributed by atoms with Crippen molar-refractivity contribution in [3.05, 3.63) is 27.8 Å². The number of anilines is 1. The summed E-state index contributed by atoms with van der Waals surface area (Å²) in [6, 6.07) is 0.148. The Bertz CT molecular complexity index is 610. The van der Waals surface area contributed by atoms with E-state index in [2.05, 4.69) is 0 Å². The van der Waals surface area contributed by atoms with E-state index in [0.29, 0.717) is 0 Å². The molecular weight excluding hydrogens is 281 g/mol. The molecule has 0 aromatic heterocycles. The van der Waals surface area contributed by atoms with Gasteiger partial charge in [-0.3, -0.25) is 14.7 Å². The number of hydrogen-bond acceptors (Lipinski definition) is 5. The van der Waals surface area contributed by atoms with Gasteiger partial charge in [0, 0.05) is 6.07 Å². The first-order valence-electron chi connectivity index (χ1n) is 4.07. The van der Waals surface area contributed by atoms with Gasteiger partial charge < -0.3 is 5.73 Å². The van der Waals surface area contributed by atoms with Gasteiger partial charge in [0.25, 0.3) is 15.8 Å². The fourth-order valence-corrected chi connectivity index (χ4v) is 1.89. The molecule has 3 N–H and O–H groups in total. The van der Waals surface area contributed by atoms with Gasteiger partial charge in [-0.15, -0.1) is 0 Å². The van der Waals surface area contributed by atoms with Crippen LogP contribution in [0.25, 0.3) is 0 Å². The fourth-order valence-electron chi connectivity index (χ4n) is 1.18. The van der Waals surface area contributed by atoms with E-state index < -0.39 is 43.1 Å². The number of hydrogen-bond donors (Lipinski definition) is 2. The van der Waals surface area contributed by atoms with Crippen molar-refractivity contribution in [3.8, 4) is 0 Å². The van der Waals surface area contributed by atoms with E-state index in [0.717, 1.165) is 0 Å². The van der Waals surface area contributed by atoms with E-state index in [9.17, 15) is 31.7 Å². The lowest BCUT2D eigenvalue weighted by molar-refractivity contribution is -0.384. The Labute approximate surface area is 97.9 Å². The van der Waals surface area contributed by atoms with Crippen molar-refractivity contribution < 1.29 is 31.1 Å². The first-order valence-corrected chi connectivity index (χ1v) is 5.51. The Balaban J connectivity index is 3.75. The predicted molar refractivity (Wildman–Crippen MR) is 52.3 cm³/mol. The van der Waals surface area contributed by atoms with Gasteiger partial charge in [0.1, 0.15) is 10.6 Å². The van der Waals surface area contributed by atoms with E-state index in [1.165, 1.54) is 0 Å². The maximum absolute atomic E-state index is 12.5. The SMILES string of the molecule is Nc1cc(C(F)(F)F)c(S(=O)(=O)O)cc1[N+](=O)[O-]. The van der Waals surface area contributed by atoms with Crippen molar-refractivity contribution in [2.45, 2.75) is 11.1 Å². The zero-order valence-corrected chi connectivity index (χ0v) is 9.12. The lowest BCUT2D eigenvalue weighted by atomic mass is 10.1. The third-order valence-corrected chi connectivity index (χ3v) is 2.80. The molecule has 0 aliphatic rings. The van der Waals surface area contributed by atoms with E-state index >= 15 is 0 Å². The average molecular weight is 286 g/mol. The van der Waals surface area contributed by atoms with Gasteiger partial charge in [0.05, 0.1) is 10.5 Å². The van der Waals surface area contributed by atoms with Gasteiger partial charge in [-0.1, -0.05) is 0 Å². The fraction of sp³-hybridized carbons (Fsp3) is 0.143. The van der Waals surface area contributed by atoms with Crippen LogP contribution in [0.2, 0.25) is 0 Å². The van der Waals surface area contributed by atoms with Crippen LogP contribution in [0.5, 0.6) is 0 Å². The summed E-state index contributed by atoms with van der Waals surface area (Å²) in [4.78, 5) is 7.65. The Morgan fingerprint density at radius 2 is 1.83 bits per heavy atom. The van der Waals surface area contributed by atoms with E-state index in [1.54, 1.807) is 0 Å². The standard InChI is InChI=1S/C7H5F3N2O5S/c8-7(9,10)3-1-4(11)5(12(13)14)2-6(3)18(15,16)17/h1-2H,11H2,(H,15,16,17). The molecule has 0 unspecified atom stereocenters. The molecule has 1 rings (SSSR count). The molecule has 0 spiro atoms. The molecular formula is C7H5F3N2O5S. The molecule has 100 valence electrons. The highest BCUT2D eigenvalue weighted by atomic mass is 32.2. The van der Waals surface area contributed by atoms with Crippen molar-refractivity contribution in [3.63, 3.8) is 0 Å². The van der Waals surface area contributed by atoms with E-state index in [-0.39, 0.29) is 12.1 Å². The Morgan fingerprint density at radius 3 is 2.17 bits per heavy atom. The monoisotopic (exact) mass is 286 g/mol. The molecule has 0 heterocycles. The lowest BCUT2D eigenvalue weighted by Crippen LogP contribution is -2.14. The molecule has 0 saturated heterocycles. The molecule has 1 aromatic carbocycles. The van der Waals surface area contributed by atoms with Gasteiger partial charge in [-0.25, -0.2) is 0 Å². The number of nitro groups is 1. The number of nitrogen functional groups attached to an aromatic ring is 1. The van der Waals surface area contributed by atoms with E-state index in [1.807, 2.05) is 0 Å². The normalized spacial score (nSPS) is 12.4. The highest BCUT2D eigenvalue weighted by Gasteiger charge is 2.39. The maximum Gasteiger partial charge on any atom is 0.417 e. The molecule has 0 bridgehead atoms. The molecule has 0 atom stereocenters. The molecule has 11 heteroatoms. The molecule has 0 amide bonds. The van der Waals surface area contributed by atoms with Gasteiger partial charge >= 0.3 is 6.18 Å². The maximum atomic E-state index is 12.5. The Morgan fingerprint density at radius 1 is 1.33 bits per heavy atom. The number of alkyl halides is 3. The molecule has 0 aliphatic heterocycles. The van der Waals surface area contributed by atoms with Crippen LogP contribution in [0.4, 0.5) is 24.5 Å². The number of benzene rings is 1. The molecule has 18 heavy (non-hydrogen) atoms. The number of halogens is 3. The third kappa shape index (κ3) is 2.68. The second-order valence-corrected chi connectivity index (χ2v) is 4.53.